The molecule has 1 aromatic carbocycles. The predicted molar refractivity (Wildman–Crippen MR) is 72.0 cm³/mol. The van der Waals surface area contributed by atoms with Gasteiger partial charge in [0.25, 0.3) is 0 Å². The molecule has 1 saturated heterocycles. The second kappa shape index (κ2) is 7.26. The van der Waals surface area contributed by atoms with Crippen LogP contribution in [-0.2, 0) is 0 Å². The number of ether oxygens (including phenoxy) is 1. The molecule has 1 aliphatic heterocycles. The van der Waals surface area contributed by atoms with Crippen LogP contribution in [0, 0.1) is 5.82 Å². The molecule has 0 unspecified atom stereocenters. The number of hydrogen-bond acceptors (Lipinski definition) is 4. The molecule has 0 saturated carbocycles. The van der Waals surface area contributed by atoms with Gasteiger partial charge in [-0.05, 0) is 24.6 Å². The fraction of sp³-hybridized carbons (Fsp3) is 0.571. The van der Waals surface area contributed by atoms with Crippen LogP contribution in [-0.4, -0.2) is 49.2 Å². The molecule has 0 bridgehead atoms. The molecule has 22 heavy (non-hydrogen) atoms. The first-order valence-corrected chi connectivity index (χ1v) is 7.01. The van der Waals surface area contributed by atoms with Crippen LogP contribution in [0.15, 0.2) is 18.2 Å². The van der Waals surface area contributed by atoms with E-state index in [1.165, 1.54) is 0 Å². The number of nitrogens with zero attached hydrogens (tertiary/aromatic N) is 1. The molecule has 0 aromatic heterocycles. The maximum atomic E-state index is 14.1. The Morgan fingerprint density at radius 1 is 1.27 bits per heavy atom. The van der Waals surface area contributed by atoms with Gasteiger partial charge in [0.2, 0.25) is 0 Å². The van der Waals surface area contributed by atoms with Gasteiger partial charge < -0.3 is 15.2 Å². The van der Waals surface area contributed by atoms with Crippen molar-refractivity contribution in [2.45, 2.75) is 18.8 Å². The molecule has 1 fully saturated rings. The lowest BCUT2D eigenvalue weighted by Crippen LogP contribution is -2.45. The molecule has 8 heteroatoms. The van der Waals surface area contributed by atoms with Crippen molar-refractivity contribution in [2.24, 2.45) is 0 Å². The highest BCUT2D eigenvalue weighted by Crippen LogP contribution is 2.31. The Bertz CT molecular complexity index is 490. The van der Waals surface area contributed by atoms with Crippen molar-refractivity contribution in [3.05, 3.63) is 29.6 Å². The molecule has 2 N–H and O–H groups in total. The summed E-state index contributed by atoms with van der Waals surface area (Å²) in [6.45, 7) is 2.51. The molecule has 1 atom stereocenters. The van der Waals surface area contributed by atoms with Gasteiger partial charge in [-0.3, -0.25) is 4.90 Å². The molecule has 0 amide bonds. The van der Waals surface area contributed by atoms with Gasteiger partial charge in [-0.1, -0.05) is 0 Å². The van der Waals surface area contributed by atoms with Gasteiger partial charge in [0.05, 0.1) is 0 Å². The topological polar surface area (TPSA) is 44.7 Å². The molecule has 1 heterocycles. The maximum absolute atomic E-state index is 14.1. The van der Waals surface area contributed by atoms with Crippen LogP contribution >= 0.6 is 0 Å². The van der Waals surface area contributed by atoms with Gasteiger partial charge in [-0.2, -0.15) is 0 Å². The van der Waals surface area contributed by atoms with Crippen LogP contribution in [0.4, 0.5) is 17.6 Å². The summed E-state index contributed by atoms with van der Waals surface area (Å²) in [5.41, 5.74) is 0.109. The van der Waals surface area contributed by atoms with Gasteiger partial charge in [0, 0.05) is 44.4 Å². The van der Waals surface area contributed by atoms with Crippen LogP contribution < -0.4 is 10.1 Å². The maximum Gasteiger partial charge on any atom is 0.573 e. The Labute approximate surface area is 125 Å². The van der Waals surface area contributed by atoms with Crippen LogP contribution in [0.2, 0.25) is 0 Å². The Hall–Kier alpha value is -1.38. The summed E-state index contributed by atoms with van der Waals surface area (Å²) >= 11 is 0. The van der Waals surface area contributed by atoms with Gasteiger partial charge in [0.1, 0.15) is 11.6 Å². The average molecular weight is 322 g/mol. The summed E-state index contributed by atoms with van der Waals surface area (Å²) < 4.78 is 54.8. The van der Waals surface area contributed by atoms with Crippen molar-refractivity contribution in [3.63, 3.8) is 0 Å². The van der Waals surface area contributed by atoms with E-state index in [0.717, 1.165) is 18.2 Å². The number of halogens is 4. The van der Waals surface area contributed by atoms with Crippen LogP contribution in [0.3, 0.4) is 0 Å². The van der Waals surface area contributed by atoms with Gasteiger partial charge in [-0.25, -0.2) is 4.39 Å². The molecule has 0 aliphatic carbocycles. The second-order valence-corrected chi connectivity index (χ2v) is 5.05. The number of alkyl halides is 3. The lowest BCUT2D eigenvalue weighted by Gasteiger charge is -2.35. The zero-order chi connectivity index (χ0) is 16.2. The Balaban J connectivity index is 2.27. The molecule has 2 rings (SSSR count). The Morgan fingerprint density at radius 2 is 1.95 bits per heavy atom. The van der Waals surface area contributed by atoms with E-state index in [9.17, 15) is 22.7 Å². The minimum Gasteiger partial charge on any atom is -0.406 e. The number of hydrogen-bond donors (Lipinski definition) is 2. The van der Waals surface area contributed by atoms with Crippen molar-refractivity contribution < 1.29 is 27.4 Å². The summed E-state index contributed by atoms with van der Waals surface area (Å²) in [6, 6.07) is 2.48. The summed E-state index contributed by atoms with van der Waals surface area (Å²) in [7, 11) is 0. The third-order valence-electron chi connectivity index (χ3n) is 3.55. The van der Waals surface area contributed by atoms with E-state index >= 15 is 0 Å². The molecule has 0 spiro atoms. The molecule has 0 radical (unpaired) electrons. The van der Waals surface area contributed by atoms with E-state index in [1.54, 1.807) is 0 Å². The van der Waals surface area contributed by atoms with Crippen LogP contribution in [0.1, 0.15) is 18.0 Å². The molecule has 1 aromatic rings. The molecular weight excluding hydrogens is 304 g/mol. The molecule has 124 valence electrons. The largest absolute Gasteiger partial charge is 0.573 e. The van der Waals surface area contributed by atoms with Gasteiger partial charge in [-0.15, -0.1) is 13.2 Å². The fourth-order valence-corrected chi connectivity index (χ4v) is 2.63. The van der Waals surface area contributed by atoms with E-state index in [-0.39, 0.29) is 18.6 Å². The summed E-state index contributed by atoms with van der Waals surface area (Å²) in [4.78, 5) is 1.95. The monoisotopic (exact) mass is 322 g/mol. The quantitative estimate of drug-likeness (QED) is 0.815. The minimum absolute atomic E-state index is 0.109. The third kappa shape index (κ3) is 4.56. The zero-order valence-electron chi connectivity index (χ0n) is 11.9. The zero-order valence-corrected chi connectivity index (χ0v) is 11.9. The average Bonchev–Trinajstić information content (AvgIpc) is 2.46. The van der Waals surface area contributed by atoms with E-state index in [2.05, 4.69) is 10.1 Å². The minimum atomic E-state index is -4.82. The number of piperazine rings is 1. The number of aliphatic hydroxyl groups excluding tert-OH is 1. The predicted octanol–water partition coefficient (Wildman–Crippen LogP) is 2.05. The van der Waals surface area contributed by atoms with Gasteiger partial charge in [0.15, 0.2) is 0 Å². The van der Waals surface area contributed by atoms with Crippen molar-refractivity contribution in [2.75, 3.05) is 32.8 Å². The summed E-state index contributed by atoms with van der Waals surface area (Å²) in [5, 5.41) is 12.3. The first kappa shape index (κ1) is 17.0. The number of benzene rings is 1. The van der Waals surface area contributed by atoms with Crippen molar-refractivity contribution >= 4 is 0 Å². The second-order valence-electron chi connectivity index (χ2n) is 5.05. The number of aliphatic hydroxyl groups is 1. The van der Waals surface area contributed by atoms with Crippen molar-refractivity contribution in [3.8, 4) is 5.75 Å². The normalized spacial score (nSPS) is 18.2. The highest BCUT2D eigenvalue weighted by Gasteiger charge is 2.32. The highest BCUT2D eigenvalue weighted by atomic mass is 19.4. The van der Waals surface area contributed by atoms with Crippen LogP contribution in [0.5, 0.6) is 5.75 Å². The van der Waals surface area contributed by atoms with Gasteiger partial charge >= 0.3 is 6.36 Å². The highest BCUT2D eigenvalue weighted by molar-refractivity contribution is 5.32. The first-order chi connectivity index (χ1) is 10.4. The molecular formula is C14H18F4N2O2. The SMILES string of the molecule is OCC[C@@H](c1cc(OC(F)(F)F)ccc1F)N1CCNCC1. The Kier molecular flexibility index (Phi) is 5.60. The number of rotatable bonds is 5. The standard InChI is InChI=1S/C14H18F4N2O2/c15-12-2-1-10(22-14(16,17)18)9-11(12)13(3-8-21)20-6-4-19-5-7-20/h1-2,9,13,19,21H,3-8H2/t13-/m0/s1. The summed E-state index contributed by atoms with van der Waals surface area (Å²) in [6.07, 6.45) is -4.58. The van der Waals surface area contributed by atoms with E-state index in [4.69, 9.17) is 0 Å². The fourth-order valence-electron chi connectivity index (χ4n) is 2.63. The molecule has 4 nitrogen and oxygen atoms in total. The number of nitrogens with one attached hydrogen (secondary N) is 1. The summed E-state index contributed by atoms with van der Waals surface area (Å²) in [5.74, 6) is -1.06. The first-order valence-electron chi connectivity index (χ1n) is 7.01. The van der Waals surface area contributed by atoms with Crippen molar-refractivity contribution in [1.82, 2.24) is 10.2 Å². The molecule has 1 aliphatic rings. The Morgan fingerprint density at radius 3 is 2.55 bits per heavy atom. The lowest BCUT2D eigenvalue weighted by molar-refractivity contribution is -0.274. The van der Waals surface area contributed by atoms with E-state index in [1.807, 2.05) is 4.90 Å². The smallest absolute Gasteiger partial charge is 0.406 e. The van der Waals surface area contributed by atoms with Crippen LogP contribution in [0.25, 0.3) is 0 Å². The van der Waals surface area contributed by atoms with Crippen molar-refractivity contribution in [1.29, 1.82) is 0 Å². The van der Waals surface area contributed by atoms with E-state index < -0.39 is 24.0 Å². The third-order valence-corrected chi connectivity index (χ3v) is 3.55. The van der Waals surface area contributed by atoms with E-state index in [0.29, 0.717) is 26.2 Å². The lowest BCUT2D eigenvalue weighted by atomic mass is 10.0.